The Kier molecular flexibility index (Phi) is 3.57. The second-order valence-corrected chi connectivity index (χ2v) is 4.93. The molecule has 0 spiro atoms. The molecule has 3 heterocycles. The van der Waals surface area contributed by atoms with E-state index < -0.39 is 0 Å². The van der Waals surface area contributed by atoms with Gasteiger partial charge in [0.1, 0.15) is 5.82 Å². The summed E-state index contributed by atoms with van der Waals surface area (Å²) in [5.41, 5.74) is 1.32. The van der Waals surface area contributed by atoms with E-state index in [1.165, 1.54) is 5.56 Å². The summed E-state index contributed by atoms with van der Waals surface area (Å²) in [5, 5.41) is 3.47. The molecule has 1 saturated heterocycles. The summed E-state index contributed by atoms with van der Waals surface area (Å²) in [4.78, 5) is 11.0. The standard InChI is InChI=1S/C14H19N5/c1-18-8-7-17-14(18)11-19-9-6-16-10-13(19)12-2-4-15-5-3-12/h2-5,7-8,13,16H,6,9-11H2,1H3. The molecular formula is C14H19N5. The zero-order valence-electron chi connectivity index (χ0n) is 11.2. The third-order valence-electron chi connectivity index (χ3n) is 3.71. The van der Waals surface area contributed by atoms with Gasteiger partial charge in [-0.25, -0.2) is 4.98 Å². The van der Waals surface area contributed by atoms with E-state index in [1.54, 1.807) is 0 Å². The second kappa shape index (κ2) is 5.50. The zero-order chi connectivity index (χ0) is 13.1. The van der Waals surface area contributed by atoms with Crippen LogP contribution in [0.5, 0.6) is 0 Å². The van der Waals surface area contributed by atoms with Crippen LogP contribution in [0.1, 0.15) is 17.4 Å². The van der Waals surface area contributed by atoms with E-state index in [0.29, 0.717) is 6.04 Å². The smallest absolute Gasteiger partial charge is 0.122 e. The lowest BCUT2D eigenvalue weighted by Gasteiger charge is -2.36. The molecule has 1 unspecified atom stereocenters. The van der Waals surface area contributed by atoms with Crippen LogP contribution in [0, 0.1) is 0 Å². The molecule has 0 amide bonds. The van der Waals surface area contributed by atoms with Gasteiger partial charge in [-0.1, -0.05) is 0 Å². The van der Waals surface area contributed by atoms with Crippen LogP contribution in [0.4, 0.5) is 0 Å². The Bertz CT molecular complexity index is 522. The van der Waals surface area contributed by atoms with Gasteiger partial charge in [0.15, 0.2) is 0 Å². The number of nitrogens with one attached hydrogen (secondary N) is 1. The summed E-state index contributed by atoms with van der Waals surface area (Å²) in [6, 6.07) is 4.60. The average Bonchev–Trinajstić information content (AvgIpc) is 2.86. The van der Waals surface area contributed by atoms with Crippen molar-refractivity contribution >= 4 is 0 Å². The highest BCUT2D eigenvalue weighted by Gasteiger charge is 2.24. The van der Waals surface area contributed by atoms with Crippen LogP contribution in [0.3, 0.4) is 0 Å². The summed E-state index contributed by atoms with van der Waals surface area (Å²) in [6.45, 7) is 3.94. The first-order chi connectivity index (χ1) is 9.34. The molecule has 5 heteroatoms. The molecule has 1 aliphatic heterocycles. The molecule has 0 aliphatic carbocycles. The molecule has 2 aromatic heterocycles. The van der Waals surface area contributed by atoms with E-state index in [4.69, 9.17) is 0 Å². The number of aromatic nitrogens is 3. The number of imidazole rings is 1. The topological polar surface area (TPSA) is 46.0 Å². The number of aryl methyl sites for hydroxylation is 1. The predicted octanol–water partition coefficient (Wildman–Crippen LogP) is 0.962. The van der Waals surface area contributed by atoms with Crippen molar-refractivity contribution in [1.29, 1.82) is 0 Å². The maximum atomic E-state index is 4.43. The largest absolute Gasteiger partial charge is 0.337 e. The van der Waals surface area contributed by atoms with Gasteiger partial charge in [-0.3, -0.25) is 9.88 Å². The van der Waals surface area contributed by atoms with E-state index in [1.807, 2.05) is 31.8 Å². The quantitative estimate of drug-likeness (QED) is 0.889. The van der Waals surface area contributed by atoms with Crippen LogP contribution in [0.25, 0.3) is 0 Å². The summed E-state index contributed by atoms with van der Waals surface area (Å²) >= 11 is 0. The first-order valence-corrected chi connectivity index (χ1v) is 6.65. The molecule has 3 rings (SSSR count). The van der Waals surface area contributed by atoms with Crippen LogP contribution in [-0.4, -0.2) is 39.1 Å². The Morgan fingerprint density at radius 3 is 2.89 bits per heavy atom. The molecule has 1 fully saturated rings. The molecule has 0 aromatic carbocycles. The van der Waals surface area contributed by atoms with Gasteiger partial charge in [-0.2, -0.15) is 0 Å². The molecule has 0 bridgehead atoms. The van der Waals surface area contributed by atoms with Gasteiger partial charge in [0.05, 0.1) is 6.54 Å². The van der Waals surface area contributed by atoms with Crippen LogP contribution in [0.2, 0.25) is 0 Å². The van der Waals surface area contributed by atoms with Crippen LogP contribution >= 0.6 is 0 Å². The van der Waals surface area contributed by atoms with Gasteiger partial charge < -0.3 is 9.88 Å². The van der Waals surface area contributed by atoms with Crippen molar-refractivity contribution in [2.75, 3.05) is 19.6 Å². The molecule has 2 aromatic rings. The Hall–Kier alpha value is -1.72. The van der Waals surface area contributed by atoms with Gasteiger partial charge in [0.25, 0.3) is 0 Å². The van der Waals surface area contributed by atoms with Crippen molar-refractivity contribution in [2.24, 2.45) is 7.05 Å². The maximum absolute atomic E-state index is 4.43. The molecule has 0 saturated carbocycles. The predicted molar refractivity (Wildman–Crippen MR) is 73.5 cm³/mol. The minimum atomic E-state index is 0.397. The highest BCUT2D eigenvalue weighted by molar-refractivity contribution is 5.16. The molecule has 19 heavy (non-hydrogen) atoms. The maximum Gasteiger partial charge on any atom is 0.122 e. The first kappa shape index (κ1) is 12.3. The minimum Gasteiger partial charge on any atom is -0.337 e. The van der Waals surface area contributed by atoms with Crippen molar-refractivity contribution in [2.45, 2.75) is 12.6 Å². The minimum absolute atomic E-state index is 0.397. The van der Waals surface area contributed by atoms with E-state index >= 15 is 0 Å². The van der Waals surface area contributed by atoms with Gasteiger partial charge >= 0.3 is 0 Å². The van der Waals surface area contributed by atoms with Gasteiger partial charge in [-0.15, -0.1) is 0 Å². The molecule has 0 radical (unpaired) electrons. The Morgan fingerprint density at radius 2 is 2.16 bits per heavy atom. The number of piperazine rings is 1. The highest BCUT2D eigenvalue weighted by atomic mass is 15.2. The normalized spacial score (nSPS) is 20.6. The van der Waals surface area contributed by atoms with Crippen molar-refractivity contribution in [3.8, 4) is 0 Å². The second-order valence-electron chi connectivity index (χ2n) is 4.93. The number of hydrogen-bond donors (Lipinski definition) is 1. The first-order valence-electron chi connectivity index (χ1n) is 6.65. The number of rotatable bonds is 3. The lowest BCUT2D eigenvalue weighted by atomic mass is 10.0. The fraction of sp³-hybridized carbons (Fsp3) is 0.429. The van der Waals surface area contributed by atoms with E-state index in [-0.39, 0.29) is 0 Å². The Morgan fingerprint density at radius 1 is 1.32 bits per heavy atom. The van der Waals surface area contributed by atoms with Crippen LogP contribution in [0.15, 0.2) is 36.9 Å². The number of hydrogen-bond acceptors (Lipinski definition) is 4. The monoisotopic (exact) mass is 257 g/mol. The Labute approximate surface area is 113 Å². The van der Waals surface area contributed by atoms with Gasteiger partial charge in [0.2, 0.25) is 0 Å². The molecule has 1 N–H and O–H groups in total. The Balaban J connectivity index is 1.80. The lowest BCUT2D eigenvalue weighted by Crippen LogP contribution is -2.45. The van der Waals surface area contributed by atoms with Crippen molar-refractivity contribution in [1.82, 2.24) is 24.8 Å². The van der Waals surface area contributed by atoms with E-state index in [9.17, 15) is 0 Å². The van der Waals surface area contributed by atoms with Crippen LogP contribution < -0.4 is 5.32 Å². The number of pyridine rings is 1. The molecule has 1 atom stereocenters. The molecule has 100 valence electrons. The lowest BCUT2D eigenvalue weighted by molar-refractivity contribution is 0.148. The van der Waals surface area contributed by atoms with Gasteiger partial charge in [0, 0.05) is 57.5 Å². The summed E-state index contributed by atoms with van der Waals surface area (Å²) in [5.74, 6) is 1.11. The zero-order valence-corrected chi connectivity index (χ0v) is 11.2. The summed E-state index contributed by atoms with van der Waals surface area (Å²) in [7, 11) is 2.05. The van der Waals surface area contributed by atoms with Crippen molar-refractivity contribution in [3.63, 3.8) is 0 Å². The van der Waals surface area contributed by atoms with Gasteiger partial charge in [-0.05, 0) is 17.7 Å². The summed E-state index contributed by atoms with van der Waals surface area (Å²) < 4.78 is 2.09. The van der Waals surface area contributed by atoms with Crippen LogP contribution in [-0.2, 0) is 13.6 Å². The third-order valence-corrected chi connectivity index (χ3v) is 3.71. The van der Waals surface area contributed by atoms with E-state index in [0.717, 1.165) is 32.0 Å². The molecule has 1 aliphatic rings. The fourth-order valence-corrected chi connectivity index (χ4v) is 2.58. The van der Waals surface area contributed by atoms with E-state index in [2.05, 4.69) is 36.9 Å². The SMILES string of the molecule is Cn1ccnc1CN1CCNCC1c1ccncc1. The molecular weight excluding hydrogens is 238 g/mol. The third kappa shape index (κ3) is 2.67. The van der Waals surface area contributed by atoms with Crippen molar-refractivity contribution < 1.29 is 0 Å². The number of nitrogens with zero attached hydrogens (tertiary/aromatic N) is 4. The fourth-order valence-electron chi connectivity index (χ4n) is 2.58. The van der Waals surface area contributed by atoms with Crippen molar-refractivity contribution in [3.05, 3.63) is 48.3 Å². The average molecular weight is 257 g/mol. The molecule has 5 nitrogen and oxygen atoms in total. The highest BCUT2D eigenvalue weighted by Crippen LogP contribution is 2.23. The summed E-state index contributed by atoms with van der Waals surface area (Å²) in [6.07, 6.45) is 7.59.